The minimum absolute atomic E-state index is 0.0862. The highest BCUT2D eigenvalue weighted by Gasteiger charge is 2.29. The van der Waals surface area contributed by atoms with Gasteiger partial charge in [-0.2, -0.15) is 0 Å². The molecule has 3 nitrogen and oxygen atoms in total. The molecule has 3 heteroatoms. The third-order valence-electron chi connectivity index (χ3n) is 5.41. The quantitative estimate of drug-likeness (QED) is 0.509. The van der Waals surface area contributed by atoms with Crippen molar-refractivity contribution < 1.29 is 14.6 Å². The highest BCUT2D eigenvalue weighted by atomic mass is 16.5. The van der Waals surface area contributed by atoms with Crippen LogP contribution in [-0.4, -0.2) is 18.2 Å². The van der Waals surface area contributed by atoms with E-state index in [1.807, 2.05) is 18.2 Å². The number of aliphatic carboxylic acids is 1. The SMILES string of the molecule is CCCCc1cc(-c2c(COC)cccc2C(CC(C)(C)C)C(=O)O)ccc1C. The van der Waals surface area contributed by atoms with Gasteiger partial charge in [0.05, 0.1) is 12.5 Å². The molecule has 1 N–H and O–H groups in total. The zero-order chi connectivity index (χ0) is 21.6. The number of carbonyl (C=O) groups is 1. The Balaban J connectivity index is 2.67. The van der Waals surface area contributed by atoms with E-state index in [4.69, 9.17) is 4.74 Å². The molecule has 2 aromatic carbocycles. The molecule has 0 aromatic heterocycles. The number of unbranched alkanes of at least 4 members (excludes halogenated alkanes) is 1. The van der Waals surface area contributed by atoms with Crippen molar-refractivity contribution >= 4 is 5.97 Å². The highest BCUT2D eigenvalue weighted by Crippen LogP contribution is 2.39. The van der Waals surface area contributed by atoms with Crippen LogP contribution in [-0.2, 0) is 22.6 Å². The molecule has 0 spiro atoms. The maximum absolute atomic E-state index is 12.3. The Bertz CT molecular complexity index is 830. The number of hydrogen-bond donors (Lipinski definition) is 1. The molecule has 0 amide bonds. The molecule has 29 heavy (non-hydrogen) atoms. The van der Waals surface area contributed by atoms with Crippen LogP contribution in [0.15, 0.2) is 36.4 Å². The Morgan fingerprint density at radius 1 is 1.14 bits per heavy atom. The minimum Gasteiger partial charge on any atom is -0.481 e. The summed E-state index contributed by atoms with van der Waals surface area (Å²) in [6.07, 6.45) is 3.93. The van der Waals surface area contributed by atoms with Crippen molar-refractivity contribution in [2.75, 3.05) is 7.11 Å². The molecule has 1 unspecified atom stereocenters. The number of carboxylic acids is 1. The molecule has 0 saturated heterocycles. The lowest BCUT2D eigenvalue weighted by molar-refractivity contribution is -0.139. The van der Waals surface area contributed by atoms with Gasteiger partial charge in [0.2, 0.25) is 0 Å². The summed E-state index contributed by atoms with van der Waals surface area (Å²) >= 11 is 0. The Labute approximate surface area is 176 Å². The first-order chi connectivity index (χ1) is 13.7. The van der Waals surface area contributed by atoms with Gasteiger partial charge < -0.3 is 9.84 Å². The van der Waals surface area contributed by atoms with Gasteiger partial charge in [0.15, 0.2) is 0 Å². The van der Waals surface area contributed by atoms with Crippen molar-refractivity contribution in [1.82, 2.24) is 0 Å². The zero-order valence-corrected chi connectivity index (χ0v) is 18.8. The van der Waals surface area contributed by atoms with Gasteiger partial charge in [0.25, 0.3) is 0 Å². The molecular formula is C26H36O3. The lowest BCUT2D eigenvalue weighted by Gasteiger charge is -2.26. The fraction of sp³-hybridized carbons (Fsp3) is 0.500. The van der Waals surface area contributed by atoms with Crippen LogP contribution in [0.25, 0.3) is 11.1 Å². The van der Waals surface area contributed by atoms with Gasteiger partial charge in [0, 0.05) is 7.11 Å². The summed E-state index contributed by atoms with van der Waals surface area (Å²) in [5, 5.41) is 10.1. The number of rotatable bonds is 9. The van der Waals surface area contributed by atoms with Crippen molar-refractivity contribution in [2.24, 2.45) is 5.41 Å². The van der Waals surface area contributed by atoms with Crippen molar-refractivity contribution in [3.63, 3.8) is 0 Å². The van der Waals surface area contributed by atoms with E-state index in [1.165, 1.54) is 11.1 Å². The number of ether oxygens (including phenoxy) is 1. The number of aryl methyl sites for hydroxylation is 2. The molecule has 0 heterocycles. The topological polar surface area (TPSA) is 46.5 Å². The van der Waals surface area contributed by atoms with E-state index in [0.717, 1.165) is 41.5 Å². The average Bonchev–Trinajstić information content (AvgIpc) is 2.65. The maximum Gasteiger partial charge on any atom is 0.311 e. The number of hydrogen-bond acceptors (Lipinski definition) is 2. The lowest BCUT2D eigenvalue weighted by atomic mass is 9.78. The smallest absolute Gasteiger partial charge is 0.311 e. The standard InChI is InChI=1S/C26H36O3/c1-7-8-10-19-15-20(14-13-18(19)2)24-21(17-29-6)11-9-12-22(24)23(25(27)28)16-26(3,4)5/h9,11-15,23H,7-8,10,16-17H2,1-6H3,(H,27,28). The Morgan fingerprint density at radius 3 is 2.45 bits per heavy atom. The predicted molar refractivity (Wildman–Crippen MR) is 120 cm³/mol. The van der Waals surface area contributed by atoms with Crippen LogP contribution in [0.5, 0.6) is 0 Å². The number of methoxy groups -OCH3 is 1. The van der Waals surface area contributed by atoms with Crippen LogP contribution < -0.4 is 0 Å². The molecule has 0 radical (unpaired) electrons. The van der Waals surface area contributed by atoms with E-state index < -0.39 is 11.9 Å². The Morgan fingerprint density at radius 2 is 1.86 bits per heavy atom. The second-order valence-electron chi connectivity index (χ2n) is 9.21. The van der Waals surface area contributed by atoms with Crippen LogP contribution in [0, 0.1) is 12.3 Å². The van der Waals surface area contributed by atoms with Crippen LogP contribution in [0.4, 0.5) is 0 Å². The first kappa shape index (κ1) is 23.2. The monoisotopic (exact) mass is 396 g/mol. The normalized spacial score (nSPS) is 12.8. The lowest BCUT2D eigenvalue weighted by Crippen LogP contribution is -2.20. The van der Waals surface area contributed by atoms with Crippen molar-refractivity contribution in [3.05, 3.63) is 58.7 Å². The van der Waals surface area contributed by atoms with E-state index >= 15 is 0 Å². The van der Waals surface area contributed by atoms with Crippen molar-refractivity contribution in [3.8, 4) is 11.1 Å². The fourth-order valence-electron chi connectivity index (χ4n) is 3.94. The molecule has 0 aliphatic heterocycles. The summed E-state index contributed by atoms with van der Waals surface area (Å²) in [7, 11) is 1.68. The Kier molecular flexibility index (Phi) is 8.04. The van der Waals surface area contributed by atoms with Crippen LogP contribution in [0.2, 0.25) is 0 Å². The maximum atomic E-state index is 12.3. The van der Waals surface area contributed by atoms with E-state index in [9.17, 15) is 9.90 Å². The van der Waals surface area contributed by atoms with E-state index in [0.29, 0.717) is 13.0 Å². The second kappa shape index (κ2) is 10.1. The summed E-state index contributed by atoms with van der Waals surface area (Å²) in [5.74, 6) is -1.32. The summed E-state index contributed by atoms with van der Waals surface area (Å²) in [4.78, 5) is 12.3. The van der Waals surface area contributed by atoms with Gasteiger partial charge in [-0.1, -0.05) is 70.5 Å². The molecular weight excluding hydrogens is 360 g/mol. The summed E-state index contributed by atoms with van der Waals surface area (Å²) in [6.45, 7) is 11.1. The summed E-state index contributed by atoms with van der Waals surface area (Å²) in [6, 6.07) is 12.5. The van der Waals surface area contributed by atoms with E-state index in [-0.39, 0.29) is 5.41 Å². The van der Waals surface area contributed by atoms with Crippen molar-refractivity contribution in [2.45, 2.75) is 72.8 Å². The first-order valence-electron chi connectivity index (χ1n) is 10.6. The predicted octanol–water partition coefficient (Wildman–Crippen LogP) is 6.76. The van der Waals surface area contributed by atoms with Gasteiger partial charge >= 0.3 is 5.97 Å². The summed E-state index contributed by atoms with van der Waals surface area (Å²) in [5.41, 5.74) is 6.57. The van der Waals surface area contributed by atoms with Crippen LogP contribution >= 0.6 is 0 Å². The molecule has 0 aliphatic rings. The van der Waals surface area contributed by atoms with Gasteiger partial charge in [-0.3, -0.25) is 4.79 Å². The number of benzene rings is 2. The van der Waals surface area contributed by atoms with E-state index in [1.54, 1.807) is 7.11 Å². The largest absolute Gasteiger partial charge is 0.481 e. The molecule has 1 atom stereocenters. The minimum atomic E-state index is -0.769. The highest BCUT2D eigenvalue weighted by molar-refractivity contribution is 5.82. The van der Waals surface area contributed by atoms with Gasteiger partial charge in [-0.05, 0) is 65.0 Å². The van der Waals surface area contributed by atoms with Crippen LogP contribution in [0.3, 0.4) is 0 Å². The zero-order valence-electron chi connectivity index (χ0n) is 18.8. The molecule has 0 saturated carbocycles. The molecule has 0 aliphatic carbocycles. The molecule has 0 bridgehead atoms. The summed E-state index contributed by atoms with van der Waals surface area (Å²) < 4.78 is 5.46. The second-order valence-corrected chi connectivity index (χ2v) is 9.21. The van der Waals surface area contributed by atoms with E-state index in [2.05, 4.69) is 52.8 Å². The molecule has 2 aromatic rings. The third-order valence-corrected chi connectivity index (χ3v) is 5.41. The average molecular weight is 397 g/mol. The van der Waals surface area contributed by atoms with Crippen LogP contribution in [0.1, 0.15) is 75.1 Å². The van der Waals surface area contributed by atoms with Gasteiger partial charge in [0.1, 0.15) is 0 Å². The third kappa shape index (κ3) is 6.17. The molecule has 0 fully saturated rings. The number of carboxylic acid groups (broad SMARTS) is 1. The molecule has 2 rings (SSSR count). The fourth-order valence-corrected chi connectivity index (χ4v) is 3.94. The van der Waals surface area contributed by atoms with Crippen molar-refractivity contribution in [1.29, 1.82) is 0 Å². The molecule has 158 valence electrons. The first-order valence-corrected chi connectivity index (χ1v) is 10.6. The Hall–Kier alpha value is -2.13. The van der Waals surface area contributed by atoms with Gasteiger partial charge in [-0.15, -0.1) is 0 Å². The van der Waals surface area contributed by atoms with Gasteiger partial charge in [-0.25, -0.2) is 0 Å².